The van der Waals surface area contributed by atoms with Gasteiger partial charge in [-0.1, -0.05) is 61.8 Å². The van der Waals surface area contributed by atoms with Gasteiger partial charge in [0.15, 0.2) is 0 Å². The fourth-order valence-electron chi connectivity index (χ4n) is 4.45. The molecule has 5 nitrogen and oxygen atoms in total. The average molecular weight is 472 g/mol. The Hall–Kier alpha value is -2.53. The second-order valence-electron chi connectivity index (χ2n) is 9.63. The molecule has 0 saturated heterocycles. The molecule has 0 unspecified atom stereocenters. The normalized spacial score (nSPS) is 15.5. The minimum Gasteiger partial charge on any atom is -0.488 e. The van der Waals surface area contributed by atoms with E-state index in [2.05, 4.69) is 77.8 Å². The van der Waals surface area contributed by atoms with E-state index in [1.54, 1.807) is 7.11 Å². The van der Waals surface area contributed by atoms with Gasteiger partial charge < -0.3 is 19.2 Å². The smallest absolute Gasteiger partial charge is 0.238 e. The van der Waals surface area contributed by atoms with Crippen molar-refractivity contribution >= 4 is 0 Å². The lowest BCUT2D eigenvalue weighted by Crippen LogP contribution is -2.21. The molecular formula is C29H45NO4. The fourth-order valence-corrected chi connectivity index (χ4v) is 4.45. The van der Waals surface area contributed by atoms with Gasteiger partial charge in [0, 0.05) is 30.7 Å². The molecule has 34 heavy (non-hydrogen) atoms. The van der Waals surface area contributed by atoms with Crippen LogP contribution in [0.3, 0.4) is 0 Å². The molecule has 0 saturated carbocycles. The zero-order valence-electron chi connectivity index (χ0n) is 23.1. The Morgan fingerprint density at radius 1 is 0.971 bits per heavy atom. The molecule has 0 aliphatic carbocycles. The predicted octanol–water partition coefficient (Wildman–Crippen LogP) is 6.73. The SMILES string of the molecule is COc1[nH]c(C/C=C(\C)C/C(C)=C/C(C)=C/[C@H](C)[C@H](OC)/C(C)=C/C(C)C)c(C)c(=O)c1OC. The lowest BCUT2D eigenvalue weighted by atomic mass is 9.93. The van der Waals surface area contributed by atoms with E-state index in [1.165, 1.54) is 36.5 Å². The third-order valence-electron chi connectivity index (χ3n) is 5.87. The number of methoxy groups -OCH3 is 3. The first-order valence-corrected chi connectivity index (χ1v) is 12.0. The Morgan fingerprint density at radius 2 is 1.62 bits per heavy atom. The highest BCUT2D eigenvalue weighted by atomic mass is 16.5. The summed E-state index contributed by atoms with van der Waals surface area (Å²) in [5.74, 6) is 1.36. The highest BCUT2D eigenvalue weighted by molar-refractivity contribution is 5.40. The Balaban J connectivity index is 2.95. The van der Waals surface area contributed by atoms with E-state index in [0.717, 1.165) is 12.1 Å². The summed E-state index contributed by atoms with van der Waals surface area (Å²) in [6.45, 7) is 17.0. The standard InChI is InChI=1S/C29H45NO4/c1-18(2)14-22(6)27(32-9)23(7)17-21(5)16-20(4)15-19(3)12-13-25-24(8)26(31)28(33-10)29(30-25)34-11/h12,14,16-18,23,27H,13,15H2,1-11H3,(H,30,31)/b19-12+,20-16+,21-17+,22-14+/t23-,27+/m0/s1. The number of aromatic amines is 1. The van der Waals surface area contributed by atoms with Crippen LogP contribution in [0.15, 0.2) is 51.4 Å². The molecule has 0 aromatic carbocycles. The predicted molar refractivity (Wildman–Crippen MR) is 143 cm³/mol. The molecule has 0 radical (unpaired) electrons. The number of pyridine rings is 1. The Kier molecular flexibility index (Phi) is 12.2. The maximum Gasteiger partial charge on any atom is 0.238 e. The minimum atomic E-state index is -0.141. The molecule has 0 aliphatic rings. The summed E-state index contributed by atoms with van der Waals surface area (Å²) >= 11 is 0. The summed E-state index contributed by atoms with van der Waals surface area (Å²) in [5, 5.41) is 0. The maximum atomic E-state index is 12.5. The first-order chi connectivity index (χ1) is 15.9. The third-order valence-corrected chi connectivity index (χ3v) is 5.87. The van der Waals surface area contributed by atoms with Crippen LogP contribution in [0.1, 0.15) is 66.1 Å². The second-order valence-corrected chi connectivity index (χ2v) is 9.63. The number of hydrogen-bond acceptors (Lipinski definition) is 4. The highest BCUT2D eigenvalue weighted by Gasteiger charge is 2.17. The summed E-state index contributed by atoms with van der Waals surface area (Å²) in [7, 11) is 4.78. The van der Waals surface area contributed by atoms with Gasteiger partial charge in [-0.25, -0.2) is 0 Å². The van der Waals surface area contributed by atoms with Gasteiger partial charge in [-0.2, -0.15) is 0 Å². The van der Waals surface area contributed by atoms with Crippen LogP contribution in [0.4, 0.5) is 0 Å². The molecular weight excluding hydrogens is 426 g/mol. The van der Waals surface area contributed by atoms with Crippen LogP contribution in [0.2, 0.25) is 0 Å². The van der Waals surface area contributed by atoms with Crippen molar-refractivity contribution in [3.8, 4) is 11.6 Å². The van der Waals surface area contributed by atoms with Crippen molar-refractivity contribution in [2.75, 3.05) is 21.3 Å². The van der Waals surface area contributed by atoms with Gasteiger partial charge in [-0.05, 0) is 52.5 Å². The van der Waals surface area contributed by atoms with E-state index in [0.29, 0.717) is 23.8 Å². The van der Waals surface area contributed by atoms with Gasteiger partial charge >= 0.3 is 0 Å². The number of rotatable bonds is 12. The molecule has 1 heterocycles. The van der Waals surface area contributed by atoms with Crippen molar-refractivity contribution in [1.82, 2.24) is 4.98 Å². The number of H-pyrrole nitrogens is 1. The molecule has 0 amide bonds. The molecule has 2 atom stereocenters. The number of aromatic nitrogens is 1. The quantitative estimate of drug-likeness (QED) is 0.271. The average Bonchev–Trinajstić information content (AvgIpc) is 2.74. The molecule has 0 bridgehead atoms. The zero-order valence-corrected chi connectivity index (χ0v) is 23.1. The molecule has 0 aliphatic heterocycles. The van der Waals surface area contributed by atoms with Crippen LogP contribution in [0.25, 0.3) is 0 Å². The molecule has 0 spiro atoms. The molecule has 1 aromatic heterocycles. The molecule has 1 aromatic rings. The van der Waals surface area contributed by atoms with Crippen LogP contribution in [0, 0.1) is 18.8 Å². The molecule has 5 heteroatoms. The Labute approximate surface area is 206 Å². The van der Waals surface area contributed by atoms with Crippen LogP contribution < -0.4 is 14.9 Å². The van der Waals surface area contributed by atoms with Gasteiger partial charge in [0.2, 0.25) is 17.1 Å². The summed E-state index contributed by atoms with van der Waals surface area (Å²) < 4.78 is 16.3. The maximum absolute atomic E-state index is 12.5. The largest absolute Gasteiger partial charge is 0.488 e. The van der Waals surface area contributed by atoms with Crippen LogP contribution in [0.5, 0.6) is 11.6 Å². The summed E-state index contributed by atoms with van der Waals surface area (Å²) in [5.41, 5.74) is 6.39. The van der Waals surface area contributed by atoms with Crippen molar-refractivity contribution in [2.45, 2.75) is 74.3 Å². The van der Waals surface area contributed by atoms with Gasteiger partial charge in [0.05, 0.1) is 20.3 Å². The van der Waals surface area contributed by atoms with Crippen molar-refractivity contribution in [1.29, 1.82) is 0 Å². The molecule has 1 rings (SSSR count). The van der Waals surface area contributed by atoms with Crippen LogP contribution in [-0.2, 0) is 11.2 Å². The van der Waals surface area contributed by atoms with Crippen LogP contribution >= 0.6 is 0 Å². The van der Waals surface area contributed by atoms with Gasteiger partial charge in [0.1, 0.15) is 0 Å². The van der Waals surface area contributed by atoms with Gasteiger partial charge in [0.25, 0.3) is 0 Å². The number of allylic oxidation sites excluding steroid dienone is 6. The third kappa shape index (κ3) is 8.68. The lowest BCUT2D eigenvalue weighted by Gasteiger charge is -2.22. The number of hydrogen-bond donors (Lipinski definition) is 1. The molecule has 190 valence electrons. The second kappa shape index (κ2) is 14.0. The topological polar surface area (TPSA) is 60.5 Å². The molecule has 1 N–H and O–H groups in total. The monoisotopic (exact) mass is 471 g/mol. The summed E-state index contributed by atoms with van der Waals surface area (Å²) in [6.07, 6.45) is 10.5. The molecule has 0 fully saturated rings. The van der Waals surface area contributed by atoms with E-state index >= 15 is 0 Å². The van der Waals surface area contributed by atoms with E-state index in [4.69, 9.17) is 14.2 Å². The van der Waals surface area contributed by atoms with E-state index < -0.39 is 0 Å². The van der Waals surface area contributed by atoms with E-state index in [1.807, 2.05) is 6.92 Å². The fraction of sp³-hybridized carbons (Fsp3) is 0.552. The minimum absolute atomic E-state index is 0.0829. The highest BCUT2D eigenvalue weighted by Crippen LogP contribution is 2.23. The van der Waals surface area contributed by atoms with Crippen molar-refractivity contribution in [3.63, 3.8) is 0 Å². The van der Waals surface area contributed by atoms with Crippen molar-refractivity contribution in [2.24, 2.45) is 11.8 Å². The van der Waals surface area contributed by atoms with Crippen LogP contribution in [-0.4, -0.2) is 32.4 Å². The van der Waals surface area contributed by atoms with E-state index in [9.17, 15) is 4.79 Å². The van der Waals surface area contributed by atoms with Gasteiger partial charge in [-0.3, -0.25) is 4.79 Å². The first-order valence-electron chi connectivity index (χ1n) is 12.0. The first kappa shape index (κ1) is 29.5. The number of nitrogens with one attached hydrogen (secondary N) is 1. The summed E-state index contributed by atoms with van der Waals surface area (Å²) in [6, 6.07) is 0. The summed E-state index contributed by atoms with van der Waals surface area (Å²) in [4.78, 5) is 15.7. The van der Waals surface area contributed by atoms with Crippen molar-refractivity contribution < 1.29 is 14.2 Å². The van der Waals surface area contributed by atoms with Gasteiger partial charge in [-0.15, -0.1) is 0 Å². The Bertz CT molecular complexity index is 992. The van der Waals surface area contributed by atoms with E-state index in [-0.39, 0.29) is 23.2 Å². The number of ether oxygens (including phenoxy) is 3. The lowest BCUT2D eigenvalue weighted by molar-refractivity contribution is 0.103. The van der Waals surface area contributed by atoms with Crippen molar-refractivity contribution in [3.05, 3.63) is 68.1 Å². The zero-order chi connectivity index (χ0) is 26.0. The Morgan fingerprint density at radius 3 is 2.15 bits per heavy atom.